The van der Waals surface area contributed by atoms with Crippen molar-refractivity contribution in [3.63, 3.8) is 0 Å². The Morgan fingerprint density at radius 1 is 1.32 bits per heavy atom. The van der Waals surface area contributed by atoms with Crippen molar-refractivity contribution in [1.29, 1.82) is 0 Å². The van der Waals surface area contributed by atoms with Crippen LogP contribution in [0.3, 0.4) is 0 Å². The predicted octanol–water partition coefficient (Wildman–Crippen LogP) is 2.33. The number of hydrogen-bond acceptors (Lipinski definition) is 3. The first kappa shape index (κ1) is 11.0. The summed E-state index contributed by atoms with van der Waals surface area (Å²) in [5, 5.41) is 2.90. The third-order valence-corrected chi connectivity index (χ3v) is 4.46. The van der Waals surface area contributed by atoms with Gasteiger partial charge in [-0.1, -0.05) is 12.8 Å². The first-order valence-electron chi connectivity index (χ1n) is 6.94. The van der Waals surface area contributed by atoms with Gasteiger partial charge in [0.05, 0.1) is 5.52 Å². The van der Waals surface area contributed by atoms with Gasteiger partial charge in [-0.3, -0.25) is 10.1 Å². The molecule has 2 unspecified atom stereocenters. The van der Waals surface area contributed by atoms with Crippen molar-refractivity contribution < 1.29 is 4.79 Å². The van der Waals surface area contributed by atoms with Gasteiger partial charge in [-0.15, -0.1) is 0 Å². The third-order valence-electron chi connectivity index (χ3n) is 4.46. The largest absolute Gasteiger partial charge is 0.322 e. The molecule has 19 heavy (non-hydrogen) atoms. The predicted molar refractivity (Wildman–Crippen MR) is 71.5 cm³/mol. The molecule has 5 heteroatoms. The van der Waals surface area contributed by atoms with Crippen molar-refractivity contribution >= 4 is 23.0 Å². The summed E-state index contributed by atoms with van der Waals surface area (Å²) in [7, 11) is 0. The van der Waals surface area contributed by atoms with Crippen LogP contribution in [-0.4, -0.2) is 20.9 Å². The first-order valence-corrected chi connectivity index (χ1v) is 6.94. The van der Waals surface area contributed by atoms with Crippen LogP contribution in [0.2, 0.25) is 0 Å². The van der Waals surface area contributed by atoms with E-state index in [9.17, 15) is 4.79 Å². The molecule has 2 aliphatic carbocycles. The fourth-order valence-electron chi connectivity index (χ4n) is 3.49. The van der Waals surface area contributed by atoms with E-state index in [1.807, 2.05) is 12.1 Å². The van der Waals surface area contributed by atoms with Crippen molar-refractivity contribution in [3.8, 4) is 0 Å². The Hall–Kier alpha value is -1.91. The Morgan fingerprint density at radius 2 is 2.11 bits per heavy atom. The van der Waals surface area contributed by atoms with Gasteiger partial charge in [0.1, 0.15) is 0 Å². The molecule has 2 saturated carbocycles. The highest BCUT2D eigenvalue weighted by Gasteiger charge is 2.54. The van der Waals surface area contributed by atoms with Gasteiger partial charge in [0.2, 0.25) is 11.9 Å². The number of aromatic amines is 1. The van der Waals surface area contributed by atoms with E-state index in [-0.39, 0.29) is 11.8 Å². The molecule has 2 heterocycles. The highest BCUT2D eigenvalue weighted by Crippen LogP contribution is 2.55. The lowest BCUT2D eigenvalue weighted by Gasteiger charge is -2.04. The minimum Gasteiger partial charge on any atom is -0.322 e. The summed E-state index contributed by atoms with van der Waals surface area (Å²) in [6.07, 6.45) is 6.68. The average Bonchev–Trinajstić information content (AvgIpc) is 3.02. The van der Waals surface area contributed by atoms with Crippen molar-refractivity contribution in [1.82, 2.24) is 15.0 Å². The summed E-state index contributed by atoms with van der Waals surface area (Å²) in [4.78, 5) is 23.7. The van der Waals surface area contributed by atoms with Crippen LogP contribution in [0.4, 0.5) is 5.95 Å². The number of nitrogens with zero attached hydrogens (tertiary/aromatic N) is 2. The van der Waals surface area contributed by atoms with Crippen LogP contribution in [0.25, 0.3) is 11.2 Å². The van der Waals surface area contributed by atoms with Crippen LogP contribution in [0.1, 0.15) is 25.7 Å². The van der Waals surface area contributed by atoms with E-state index in [1.54, 1.807) is 6.20 Å². The molecule has 0 saturated heterocycles. The van der Waals surface area contributed by atoms with E-state index in [4.69, 9.17) is 0 Å². The van der Waals surface area contributed by atoms with E-state index in [0.29, 0.717) is 23.4 Å². The molecular weight excluding hydrogens is 240 g/mol. The fourth-order valence-corrected chi connectivity index (χ4v) is 3.49. The lowest BCUT2D eigenvalue weighted by Crippen LogP contribution is -2.16. The van der Waals surface area contributed by atoms with Gasteiger partial charge in [-0.25, -0.2) is 4.98 Å². The zero-order valence-electron chi connectivity index (χ0n) is 10.6. The summed E-state index contributed by atoms with van der Waals surface area (Å²) in [5.41, 5.74) is 1.50. The van der Waals surface area contributed by atoms with Crippen molar-refractivity contribution in [2.24, 2.45) is 17.8 Å². The number of fused-ring (bicyclic) bond motifs is 2. The maximum absolute atomic E-state index is 12.2. The zero-order chi connectivity index (χ0) is 12.8. The maximum atomic E-state index is 12.2. The van der Waals surface area contributed by atoms with E-state index in [2.05, 4.69) is 20.3 Å². The molecule has 2 N–H and O–H groups in total. The number of pyridine rings is 1. The molecule has 2 aromatic heterocycles. The van der Waals surface area contributed by atoms with Gasteiger partial charge in [-0.05, 0) is 36.8 Å². The minimum atomic E-state index is 0.121. The molecule has 98 valence electrons. The Balaban J connectivity index is 1.50. The average molecular weight is 256 g/mol. The molecule has 0 aliphatic heterocycles. The molecule has 5 nitrogen and oxygen atoms in total. The van der Waals surface area contributed by atoms with E-state index < -0.39 is 0 Å². The quantitative estimate of drug-likeness (QED) is 0.866. The summed E-state index contributed by atoms with van der Waals surface area (Å²) < 4.78 is 0. The summed E-state index contributed by atoms with van der Waals surface area (Å²) in [6, 6.07) is 3.75. The molecular formula is C14H16N4O. The SMILES string of the molecule is O=C(Nc1nc2ncccc2[nH]1)C1C2CCCCC21. The number of nitrogens with one attached hydrogen (secondary N) is 2. The van der Waals surface area contributed by atoms with Crippen LogP contribution in [0.5, 0.6) is 0 Å². The number of carbonyl (C=O) groups is 1. The van der Waals surface area contributed by atoms with Crippen LogP contribution in [0, 0.1) is 17.8 Å². The lowest BCUT2D eigenvalue weighted by atomic mass is 10.0. The Labute approximate surface area is 110 Å². The van der Waals surface area contributed by atoms with Crippen molar-refractivity contribution in [3.05, 3.63) is 18.3 Å². The number of amides is 1. The van der Waals surface area contributed by atoms with E-state index >= 15 is 0 Å². The van der Waals surface area contributed by atoms with Crippen LogP contribution < -0.4 is 5.32 Å². The number of hydrogen-bond donors (Lipinski definition) is 2. The lowest BCUT2D eigenvalue weighted by molar-refractivity contribution is -0.117. The number of carbonyl (C=O) groups excluding carboxylic acids is 1. The monoisotopic (exact) mass is 256 g/mol. The zero-order valence-corrected chi connectivity index (χ0v) is 10.6. The summed E-state index contributed by atoms with van der Waals surface area (Å²) in [5.74, 6) is 2.09. The number of rotatable bonds is 2. The molecule has 2 aliphatic rings. The van der Waals surface area contributed by atoms with E-state index in [0.717, 1.165) is 5.52 Å². The van der Waals surface area contributed by atoms with Crippen molar-refractivity contribution in [2.45, 2.75) is 25.7 Å². The highest BCUT2D eigenvalue weighted by molar-refractivity contribution is 5.94. The number of H-pyrrole nitrogens is 1. The maximum Gasteiger partial charge on any atom is 0.230 e. The third kappa shape index (κ3) is 1.80. The van der Waals surface area contributed by atoms with Crippen LogP contribution in [0.15, 0.2) is 18.3 Å². The van der Waals surface area contributed by atoms with Crippen LogP contribution >= 0.6 is 0 Å². The Morgan fingerprint density at radius 3 is 2.84 bits per heavy atom. The fraction of sp³-hybridized carbons (Fsp3) is 0.500. The molecule has 0 radical (unpaired) electrons. The second kappa shape index (κ2) is 4.05. The molecule has 0 spiro atoms. The van der Waals surface area contributed by atoms with Crippen molar-refractivity contribution in [2.75, 3.05) is 5.32 Å². The normalized spacial score (nSPS) is 28.9. The van der Waals surface area contributed by atoms with Gasteiger partial charge >= 0.3 is 0 Å². The smallest absolute Gasteiger partial charge is 0.230 e. The van der Waals surface area contributed by atoms with Gasteiger partial charge in [-0.2, -0.15) is 4.98 Å². The van der Waals surface area contributed by atoms with Gasteiger partial charge in [0.15, 0.2) is 5.65 Å². The van der Waals surface area contributed by atoms with Gasteiger partial charge in [0.25, 0.3) is 0 Å². The number of imidazole rings is 1. The van der Waals surface area contributed by atoms with Crippen LogP contribution in [-0.2, 0) is 4.79 Å². The molecule has 0 bridgehead atoms. The molecule has 4 rings (SSSR count). The summed E-state index contributed by atoms with van der Waals surface area (Å²) >= 11 is 0. The number of aromatic nitrogens is 3. The Kier molecular flexibility index (Phi) is 2.33. The second-order valence-corrected chi connectivity index (χ2v) is 5.59. The summed E-state index contributed by atoms with van der Waals surface area (Å²) in [6.45, 7) is 0. The van der Waals surface area contributed by atoms with Gasteiger partial charge in [0, 0.05) is 12.1 Å². The Bertz CT molecular complexity index is 590. The highest BCUT2D eigenvalue weighted by atomic mass is 16.2. The number of anilines is 1. The molecule has 2 aromatic rings. The first-order chi connectivity index (χ1) is 9.33. The molecule has 0 aromatic carbocycles. The molecule has 2 atom stereocenters. The second-order valence-electron chi connectivity index (χ2n) is 5.59. The molecule has 2 fully saturated rings. The standard InChI is InChI=1S/C14H16N4O/c19-13(11-8-4-1-2-5-9(8)11)18-14-16-10-6-3-7-15-12(10)17-14/h3,6-9,11H,1-2,4-5H2,(H2,15,16,17,18,19). The van der Waals surface area contributed by atoms with Gasteiger partial charge < -0.3 is 4.98 Å². The topological polar surface area (TPSA) is 70.7 Å². The molecule has 1 amide bonds. The van der Waals surface area contributed by atoms with E-state index in [1.165, 1.54) is 25.7 Å². The minimum absolute atomic E-state index is 0.121.